The fourth-order valence-corrected chi connectivity index (χ4v) is 0.738. The van der Waals surface area contributed by atoms with Crippen molar-refractivity contribution in [1.29, 1.82) is 0 Å². The Balaban J connectivity index is 3.38. The third-order valence-corrected chi connectivity index (χ3v) is 1.34. The number of aromatic nitrogens is 3. The van der Waals surface area contributed by atoms with E-state index in [1.54, 1.807) is 0 Å². The Bertz CT molecular complexity index is 483. The molecule has 0 atom stereocenters. The van der Waals surface area contributed by atoms with Gasteiger partial charge >= 0.3 is 17.1 Å². The fraction of sp³-hybridized carbons (Fsp3) is 0.200. The Morgan fingerprint density at radius 3 is 2.31 bits per heavy atom. The predicted molar refractivity (Wildman–Crippen MR) is 47.0 cm³/mol. The lowest BCUT2D eigenvalue weighted by Gasteiger charge is -1.94. The van der Waals surface area contributed by atoms with Crippen LogP contribution in [0.2, 0.25) is 0 Å². The molecule has 0 aliphatic rings. The van der Waals surface area contributed by atoms with Crippen LogP contribution in [-0.4, -0.2) is 19.7 Å². The Morgan fingerprint density at radius 2 is 1.85 bits per heavy atom. The Kier molecular flexibility index (Phi) is 2.68. The highest BCUT2D eigenvalue weighted by Crippen LogP contribution is 1.67. The summed E-state index contributed by atoms with van der Waals surface area (Å²) in [6, 6.07) is 0. The van der Waals surface area contributed by atoms with Crippen molar-refractivity contribution in [3.05, 3.63) is 31.5 Å². The Hall–Kier alpha value is -1.79. The smallest absolute Gasteiger partial charge is 0.259 e. The van der Waals surface area contributed by atoms with Gasteiger partial charge in [0.2, 0.25) is 0 Å². The number of thiocarbonyl (C=S) groups is 1. The molecule has 0 spiro atoms. The molecule has 8 heteroatoms. The summed E-state index contributed by atoms with van der Waals surface area (Å²) in [6.45, 7) is -0.256. The number of isothiocyanates is 1. The van der Waals surface area contributed by atoms with E-state index >= 15 is 0 Å². The van der Waals surface area contributed by atoms with Gasteiger partial charge in [0.15, 0.2) is 0 Å². The number of hydrogen-bond donors (Lipinski definition) is 2. The van der Waals surface area contributed by atoms with Crippen LogP contribution < -0.4 is 17.1 Å². The monoisotopic (exact) mass is 200 g/mol. The van der Waals surface area contributed by atoms with Crippen LogP contribution in [-0.2, 0) is 6.67 Å². The highest BCUT2D eigenvalue weighted by molar-refractivity contribution is 7.78. The van der Waals surface area contributed by atoms with Crippen LogP contribution in [0.4, 0.5) is 0 Å². The van der Waals surface area contributed by atoms with Crippen molar-refractivity contribution in [2.75, 3.05) is 0 Å². The van der Waals surface area contributed by atoms with E-state index in [4.69, 9.17) is 0 Å². The molecule has 0 saturated heterocycles. The first-order valence-corrected chi connectivity index (χ1v) is 3.53. The molecule has 2 N–H and O–H groups in total. The quantitative estimate of drug-likeness (QED) is 0.438. The molecule has 68 valence electrons. The molecule has 7 nitrogen and oxygen atoms in total. The molecular formula is C5H4N4O3S. The second-order valence-electron chi connectivity index (χ2n) is 2.01. The van der Waals surface area contributed by atoms with E-state index in [0.29, 0.717) is 4.57 Å². The van der Waals surface area contributed by atoms with Gasteiger partial charge in [-0.05, 0) is 12.2 Å². The molecule has 1 aromatic rings. The molecule has 0 unspecified atom stereocenters. The molecule has 0 aromatic carbocycles. The molecule has 0 aliphatic carbocycles. The molecule has 0 saturated carbocycles. The minimum Gasteiger partial charge on any atom is -0.259 e. The summed E-state index contributed by atoms with van der Waals surface area (Å²) in [4.78, 5) is 39.5. The second-order valence-corrected chi connectivity index (χ2v) is 2.19. The van der Waals surface area contributed by atoms with Gasteiger partial charge in [0.05, 0.1) is 5.16 Å². The van der Waals surface area contributed by atoms with Crippen molar-refractivity contribution in [3.8, 4) is 0 Å². The van der Waals surface area contributed by atoms with Crippen LogP contribution in [0.5, 0.6) is 0 Å². The number of H-pyrrole nitrogens is 2. The summed E-state index contributed by atoms with van der Waals surface area (Å²) in [5.74, 6) is 0. The fourth-order valence-electron chi connectivity index (χ4n) is 0.681. The molecular weight excluding hydrogens is 196 g/mol. The van der Waals surface area contributed by atoms with Gasteiger partial charge in [-0.1, -0.05) is 0 Å². The van der Waals surface area contributed by atoms with Crippen molar-refractivity contribution in [2.24, 2.45) is 4.99 Å². The third kappa shape index (κ3) is 2.08. The average Bonchev–Trinajstić information content (AvgIpc) is 2.02. The largest absolute Gasteiger partial charge is 0.335 e. The van der Waals surface area contributed by atoms with E-state index in [0.717, 1.165) is 0 Å². The third-order valence-electron chi connectivity index (χ3n) is 1.21. The topological polar surface area (TPSA) is 100 Å². The second kappa shape index (κ2) is 3.74. The van der Waals surface area contributed by atoms with Crippen LogP contribution in [0.3, 0.4) is 0 Å². The van der Waals surface area contributed by atoms with Crippen LogP contribution in [0.25, 0.3) is 0 Å². The minimum absolute atomic E-state index is 0.256. The van der Waals surface area contributed by atoms with Crippen LogP contribution in [0, 0.1) is 0 Å². The summed E-state index contributed by atoms with van der Waals surface area (Å²) in [5, 5.41) is 1.99. The van der Waals surface area contributed by atoms with Crippen molar-refractivity contribution in [2.45, 2.75) is 6.67 Å². The van der Waals surface area contributed by atoms with Crippen molar-refractivity contribution < 1.29 is 0 Å². The maximum Gasteiger partial charge on any atom is 0.335 e. The lowest BCUT2D eigenvalue weighted by Crippen LogP contribution is -2.42. The van der Waals surface area contributed by atoms with Gasteiger partial charge in [-0.15, -0.1) is 0 Å². The molecule has 0 amide bonds. The van der Waals surface area contributed by atoms with Crippen LogP contribution in [0.1, 0.15) is 0 Å². The van der Waals surface area contributed by atoms with Gasteiger partial charge in [-0.25, -0.2) is 23.9 Å². The van der Waals surface area contributed by atoms with E-state index in [1.165, 1.54) is 0 Å². The summed E-state index contributed by atoms with van der Waals surface area (Å²) >= 11 is 4.25. The molecule has 0 aliphatic heterocycles. The zero-order valence-electron chi connectivity index (χ0n) is 6.23. The highest BCUT2D eigenvalue weighted by Gasteiger charge is 1.99. The number of aliphatic imine (C=N–C) groups is 1. The highest BCUT2D eigenvalue weighted by atomic mass is 32.1. The van der Waals surface area contributed by atoms with Gasteiger partial charge in [0.1, 0.15) is 6.67 Å². The van der Waals surface area contributed by atoms with Gasteiger partial charge in [-0.3, -0.25) is 9.97 Å². The van der Waals surface area contributed by atoms with E-state index < -0.39 is 17.1 Å². The molecule has 0 radical (unpaired) electrons. The average molecular weight is 200 g/mol. The number of hydrogen-bond acceptors (Lipinski definition) is 5. The zero-order chi connectivity index (χ0) is 9.84. The van der Waals surface area contributed by atoms with Crippen molar-refractivity contribution >= 4 is 17.4 Å². The predicted octanol–water partition coefficient (Wildman–Crippen LogP) is -1.71. The van der Waals surface area contributed by atoms with Crippen LogP contribution >= 0.6 is 12.2 Å². The number of aromatic amines is 2. The molecule has 0 bridgehead atoms. The van der Waals surface area contributed by atoms with Gasteiger partial charge in [-0.2, -0.15) is 0 Å². The first-order valence-electron chi connectivity index (χ1n) is 3.12. The Morgan fingerprint density at radius 1 is 1.31 bits per heavy atom. The summed E-state index contributed by atoms with van der Waals surface area (Å²) in [6.07, 6.45) is 0. The minimum atomic E-state index is -0.849. The maximum absolute atomic E-state index is 10.9. The number of nitrogens with one attached hydrogen (secondary N) is 2. The standard InChI is InChI=1S/C5H4N4O3S/c10-3-7-4(11)9(1-6-2-13)5(12)8-3/h1H2,(H2,7,8,10,11,12). The lowest BCUT2D eigenvalue weighted by molar-refractivity contribution is 0.619. The maximum atomic E-state index is 10.9. The lowest BCUT2D eigenvalue weighted by atomic mass is 10.9. The molecule has 1 rings (SSSR count). The van der Waals surface area contributed by atoms with E-state index in [9.17, 15) is 14.4 Å². The number of rotatable bonds is 2. The van der Waals surface area contributed by atoms with E-state index in [2.05, 4.69) is 17.2 Å². The SMILES string of the molecule is O=c1[nH]c(=O)n(CN=C=S)c(=O)[nH]1. The Labute approximate surface area is 75.8 Å². The normalized spacial score (nSPS) is 9.23. The summed E-state index contributed by atoms with van der Waals surface area (Å²) in [7, 11) is 0. The summed E-state index contributed by atoms with van der Waals surface area (Å²) in [5.41, 5.74) is -2.51. The first-order chi connectivity index (χ1) is 6.15. The molecule has 1 heterocycles. The molecule has 1 aromatic heterocycles. The van der Waals surface area contributed by atoms with Crippen molar-refractivity contribution in [1.82, 2.24) is 14.5 Å². The van der Waals surface area contributed by atoms with Crippen molar-refractivity contribution in [3.63, 3.8) is 0 Å². The number of nitrogens with zero attached hydrogens (tertiary/aromatic N) is 2. The van der Waals surface area contributed by atoms with Gasteiger partial charge in [0, 0.05) is 0 Å². The van der Waals surface area contributed by atoms with Gasteiger partial charge < -0.3 is 0 Å². The first kappa shape index (κ1) is 9.30. The zero-order valence-corrected chi connectivity index (χ0v) is 7.05. The van der Waals surface area contributed by atoms with Crippen LogP contribution in [0.15, 0.2) is 19.4 Å². The van der Waals surface area contributed by atoms with Gasteiger partial charge in [0.25, 0.3) is 0 Å². The van der Waals surface area contributed by atoms with E-state index in [1.807, 2.05) is 15.1 Å². The van der Waals surface area contributed by atoms with E-state index in [-0.39, 0.29) is 6.67 Å². The molecule has 0 fully saturated rings. The molecule has 13 heavy (non-hydrogen) atoms. The summed E-state index contributed by atoms with van der Waals surface area (Å²) < 4.78 is 0.681.